The summed E-state index contributed by atoms with van der Waals surface area (Å²) in [5.74, 6) is 1.01. The molecule has 26 heavy (non-hydrogen) atoms. The van der Waals surface area contributed by atoms with Crippen LogP contribution in [0, 0.1) is 0 Å². The van der Waals surface area contributed by atoms with Crippen molar-refractivity contribution >= 4 is 11.7 Å². The quantitative estimate of drug-likeness (QED) is 0.727. The number of anilines is 1. The summed E-state index contributed by atoms with van der Waals surface area (Å²) in [6.45, 7) is 0.968. The summed E-state index contributed by atoms with van der Waals surface area (Å²) in [4.78, 5) is 16.8. The maximum absolute atomic E-state index is 12.6. The van der Waals surface area contributed by atoms with E-state index in [1.165, 1.54) is 0 Å². The molecule has 7 heteroatoms. The largest absolute Gasteiger partial charge is 0.488 e. The van der Waals surface area contributed by atoms with Crippen LogP contribution in [0.4, 0.5) is 5.82 Å². The Balaban J connectivity index is 1.69. The fourth-order valence-electron chi connectivity index (χ4n) is 2.88. The van der Waals surface area contributed by atoms with Crippen molar-refractivity contribution in [1.82, 2.24) is 10.3 Å². The topological polar surface area (TPSA) is 92.7 Å². The predicted molar refractivity (Wildman–Crippen MR) is 97.3 cm³/mol. The van der Waals surface area contributed by atoms with E-state index < -0.39 is 0 Å². The van der Waals surface area contributed by atoms with E-state index in [0.29, 0.717) is 36.8 Å². The van der Waals surface area contributed by atoms with Gasteiger partial charge in [0.05, 0.1) is 31.4 Å². The molecule has 0 bridgehead atoms. The van der Waals surface area contributed by atoms with E-state index in [2.05, 4.69) is 15.6 Å². The lowest BCUT2D eigenvalue weighted by molar-refractivity contribution is -0.00288. The number of nitrogens with zero attached hydrogens (tertiary/aromatic N) is 1. The molecule has 3 rings (SSSR count). The molecule has 0 saturated carbocycles. The minimum absolute atomic E-state index is 0.00482. The van der Waals surface area contributed by atoms with Crippen molar-refractivity contribution in [2.24, 2.45) is 0 Å². The summed E-state index contributed by atoms with van der Waals surface area (Å²) < 4.78 is 11.6. The summed E-state index contributed by atoms with van der Waals surface area (Å²) in [5, 5.41) is 15.0. The number of hydrogen-bond donors (Lipinski definition) is 3. The average Bonchev–Trinajstić information content (AvgIpc) is 2.70. The minimum Gasteiger partial charge on any atom is -0.488 e. The van der Waals surface area contributed by atoms with E-state index in [-0.39, 0.29) is 24.7 Å². The van der Waals surface area contributed by atoms with Gasteiger partial charge in [-0.2, -0.15) is 0 Å². The zero-order chi connectivity index (χ0) is 18.4. The zero-order valence-electron chi connectivity index (χ0n) is 14.6. The smallest absolute Gasteiger partial charge is 0.255 e. The average molecular weight is 357 g/mol. The van der Waals surface area contributed by atoms with Gasteiger partial charge in [0, 0.05) is 19.7 Å². The summed E-state index contributed by atoms with van der Waals surface area (Å²) in [5.41, 5.74) is 1.30. The summed E-state index contributed by atoms with van der Waals surface area (Å²) >= 11 is 0. The molecule has 1 aliphatic rings. The third kappa shape index (κ3) is 4.30. The Morgan fingerprint density at radius 3 is 2.88 bits per heavy atom. The third-order valence-corrected chi connectivity index (χ3v) is 4.29. The molecule has 2 atom stereocenters. The highest BCUT2D eigenvalue weighted by Crippen LogP contribution is 2.20. The highest BCUT2D eigenvalue weighted by Gasteiger charge is 2.29. The van der Waals surface area contributed by atoms with E-state index in [1.54, 1.807) is 25.4 Å². The Labute approximate surface area is 152 Å². The Morgan fingerprint density at radius 1 is 1.35 bits per heavy atom. The second kappa shape index (κ2) is 8.64. The highest BCUT2D eigenvalue weighted by atomic mass is 16.5. The van der Waals surface area contributed by atoms with E-state index in [9.17, 15) is 4.79 Å². The van der Waals surface area contributed by atoms with Crippen molar-refractivity contribution in [2.75, 3.05) is 25.6 Å². The SMILES string of the molecule is CNc1ncccc1C(=O)N[C@@H]1COCC[C@H]1Oc1ccc(CO)cc1. The van der Waals surface area contributed by atoms with E-state index in [0.717, 1.165) is 5.56 Å². The molecule has 2 aromatic rings. The van der Waals surface area contributed by atoms with Crippen molar-refractivity contribution in [3.8, 4) is 5.75 Å². The number of rotatable bonds is 6. The van der Waals surface area contributed by atoms with Crippen LogP contribution < -0.4 is 15.4 Å². The molecule has 1 aromatic heterocycles. The third-order valence-electron chi connectivity index (χ3n) is 4.29. The molecule has 7 nitrogen and oxygen atoms in total. The van der Waals surface area contributed by atoms with Gasteiger partial charge in [0.25, 0.3) is 5.91 Å². The lowest BCUT2D eigenvalue weighted by Crippen LogP contribution is -2.51. The Morgan fingerprint density at radius 2 is 2.15 bits per heavy atom. The first-order valence-corrected chi connectivity index (χ1v) is 8.59. The lowest BCUT2D eigenvalue weighted by atomic mass is 10.1. The standard InChI is InChI=1S/C19H23N3O4/c1-20-18-15(3-2-9-21-18)19(24)22-16-12-25-10-8-17(16)26-14-6-4-13(11-23)5-7-14/h2-7,9,16-17,23H,8,10-12H2,1H3,(H,20,21)(H,22,24)/t16-,17-/m1/s1. The number of benzene rings is 1. The van der Waals surface area contributed by atoms with E-state index in [1.807, 2.05) is 24.3 Å². The Bertz CT molecular complexity index is 736. The lowest BCUT2D eigenvalue weighted by Gasteiger charge is -2.32. The second-order valence-corrected chi connectivity index (χ2v) is 6.05. The Kier molecular flexibility index (Phi) is 6.04. The molecule has 3 N–H and O–H groups in total. The van der Waals surface area contributed by atoms with Gasteiger partial charge < -0.3 is 25.2 Å². The number of amides is 1. The molecule has 1 fully saturated rings. The van der Waals surface area contributed by atoms with Gasteiger partial charge in [-0.05, 0) is 29.8 Å². The van der Waals surface area contributed by atoms with Crippen LogP contribution in [0.15, 0.2) is 42.6 Å². The number of carbonyl (C=O) groups excluding carboxylic acids is 1. The van der Waals surface area contributed by atoms with E-state index in [4.69, 9.17) is 14.6 Å². The van der Waals surface area contributed by atoms with Crippen LogP contribution in [0.1, 0.15) is 22.3 Å². The van der Waals surface area contributed by atoms with Crippen molar-refractivity contribution in [3.63, 3.8) is 0 Å². The highest BCUT2D eigenvalue weighted by molar-refractivity contribution is 5.98. The fraction of sp³-hybridized carbons (Fsp3) is 0.368. The van der Waals surface area contributed by atoms with Gasteiger partial charge in [0.15, 0.2) is 0 Å². The maximum Gasteiger partial charge on any atom is 0.255 e. The molecule has 0 aliphatic carbocycles. The van der Waals surface area contributed by atoms with Gasteiger partial charge in [-0.25, -0.2) is 4.98 Å². The van der Waals surface area contributed by atoms with Gasteiger partial charge in [-0.3, -0.25) is 4.79 Å². The first-order valence-electron chi connectivity index (χ1n) is 8.59. The number of hydrogen-bond acceptors (Lipinski definition) is 6. The zero-order valence-corrected chi connectivity index (χ0v) is 14.6. The molecule has 1 saturated heterocycles. The van der Waals surface area contributed by atoms with Crippen molar-refractivity contribution < 1.29 is 19.4 Å². The van der Waals surface area contributed by atoms with Crippen LogP contribution in [0.5, 0.6) is 5.75 Å². The number of nitrogens with one attached hydrogen (secondary N) is 2. The summed E-state index contributed by atoms with van der Waals surface area (Å²) in [7, 11) is 1.73. The van der Waals surface area contributed by atoms with Crippen LogP contribution in [0.25, 0.3) is 0 Å². The molecule has 138 valence electrons. The number of pyridine rings is 1. The van der Waals surface area contributed by atoms with Gasteiger partial charge in [0.1, 0.15) is 17.7 Å². The van der Waals surface area contributed by atoms with E-state index >= 15 is 0 Å². The molecule has 2 heterocycles. The van der Waals surface area contributed by atoms with Crippen LogP contribution >= 0.6 is 0 Å². The van der Waals surface area contributed by atoms with Gasteiger partial charge >= 0.3 is 0 Å². The predicted octanol–water partition coefficient (Wildman–Crippen LogP) is 1.58. The van der Waals surface area contributed by atoms with Gasteiger partial charge in [0.2, 0.25) is 0 Å². The molecule has 1 aromatic carbocycles. The number of ether oxygens (including phenoxy) is 2. The maximum atomic E-state index is 12.6. The molecule has 0 radical (unpaired) electrons. The van der Waals surface area contributed by atoms with Crippen molar-refractivity contribution in [3.05, 3.63) is 53.7 Å². The second-order valence-electron chi connectivity index (χ2n) is 6.05. The van der Waals surface area contributed by atoms with Gasteiger partial charge in [-0.15, -0.1) is 0 Å². The van der Waals surface area contributed by atoms with Crippen LogP contribution in [-0.4, -0.2) is 48.4 Å². The number of carbonyl (C=O) groups is 1. The number of aliphatic hydroxyl groups excluding tert-OH is 1. The number of aliphatic hydroxyl groups is 1. The van der Waals surface area contributed by atoms with Gasteiger partial charge in [-0.1, -0.05) is 12.1 Å². The van der Waals surface area contributed by atoms with Crippen molar-refractivity contribution in [2.45, 2.75) is 25.2 Å². The Hall–Kier alpha value is -2.64. The molecule has 1 aliphatic heterocycles. The minimum atomic E-state index is -0.265. The number of aromatic nitrogens is 1. The molecule has 1 amide bonds. The molecule has 0 unspecified atom stereocenters. The fourth-order valence-corrected chi connectivity index (χ4v) is 2.88. The molecular formula is C19H23N3O4. The molecular weight excluding hydrogens is 334 g/mol. The molecule has 0 spiro atoms. The monoisotopic (exact) mass is 357 g/mol. The summed E-state index contributed by atoms with van der Waals surface area (Å²) in [6.07, 6.45) is 2.12. The first kappa shape index (κ1) is 18.2. The van der Waals surface area contributed by atoms with Crippen molar-refractivity contribution in [1.29, 1.82) is 0 Å². The van der Waals surface area contributed by atoms with Crippen LogP contribution in [-0.2, 0) is 11.3 Å². The van der Waals surface area contributed by atoms with Crippen LogP contribution in [0.2, 0.25) is 0 Å². The van der Waals surface area contributed by atoms with Crippen LogP contribution in [0.3, 0.4) is 0 Å². The normalized spacial score (nSPS) is 19.6. The first-order chi connectivity index (χ1) is 12.7. The summed E-state index contributed by atoms with van der Waals surface area (Å²) in [6, 6.07) is 10.5.